The van der Waals surface area contributed by atoms with Gasteiger partial charge in [0.2, 0.25) is 0 Å². The minimum absolute atomic E-state index is 0.440. The van der Waals surface area contributed by atoms with Crippen LogP contribution in [0.3, 0.4) is 0 Å². The molecule has 0 aromatic heterocycles. The number of halogens is 1. The Morgan fingerprint density at radius 1 is 1.32 bits per heavy atom. The molecule has 1 aromatic carbocycles. The first-order chi connectivity index (χ1) is 9.26. The third-order valence-corrected chi connectivity index (χ3v) is 4.81. The molecule has 0 amide bonds. The van der Waals surface area contributed by atoms with E-state index in [2.05, 4.69) is 40.3 Å². The van der Waals surface area contributed by atoms with Crippen molar-refractivity contribution in [1.29, 1.82) is 0 Å². The summed E-state index contributed by atoms with van der Waals surface area (Å²) in [5.41, 5.74) is 1.34. The molecule has 1 unspecified atom stereocenters. The molecule has 1 aliphatic rings. The van der Waals surface area contributed by atoms with Crippen LogP contribution < -0.4 is 10.1 Å². The molecule has 0 bridgehead atoms. The Bertz CT molecular complexity index is 402. The number of hydrogen-bond acceptors (Lipinski definition) is 2. The van der Waals surface area contributed by atoms with Gasteiger partial charge in [-0.05, 0) is 49.1 Å². The van der Waals surface area contributed by atoms with E-state index >= 15 is 0 Å². The predicted octanol–water partition coefficient (Wildman–Crippen LogP) is 4.69. The molecule has 1 atom stereocenters. The van der Waals surface area contributed by atoms with Crippen molar-refractivity contribution in [3.05, 3.63) is 28.2 Å². The summed E-state index contributed by atoms with van der Waals surface area (Å²) in [5.74, 6) is 1.69. The molecule has 0 saturated heterocycles. The lowest BCUT2D eigenvalue weighted by molar-refractivity contribution is 0.273. The van der Waals surface area contributed by atoms with E-state index < -0.39 is 0 Å². The van der Waals surface area contributed by atoms with E-state index in [4.69, 9.17) is 4.74 Å². The quantitative estimate of drug-likeness (QED) is 0.848. The first-order valence-corrected chi connectivity index (χ1v) is 8.12. The molecule has 0 spiro atoms. The molecule has 106 valence electrons. The maximum Gasteiger partial charge on any atom is 0.119 e. The lowest BCUT2D eigenvalue weighted by Crippen LogP contribution is -2.30. The van der Waals surface area contributed by atoms with Crippen LogP contribution in [-0.4, -0.2) is 13.7 Å². The molecular formula is C16H24BrNO. The number of benzene rings is 1. The van der Waals surface area contributed by atoms with Gasteiger partial charge in [0.25, 0.3) is 0 Å². The van der Waals surface area contributed by atoms with Gasteiger partial charge in [-0.25, -0.2) is 0 Å². The molecular weight excluding hydrogens is 302 g/mol. The molecule has 19 heavy (non-hydrogen) atoms. The van der Waals surface area contributed by atoms with Crippen LogP contribution in [0.25, 0.3) is 0 Å². The maximum atomic E-state index is 5.38. The van der Waals surface area contributed by atoms with Crippen LogP contribution in [0.1, 0.15) is 50.6 Å². The molecule has 1 saturated carbocycles. The van der Waals surface area contributed by atoms with Gasteiger partial charge in [0, 0.05) is 10.5 Å². The van der Waals surface area contributed by atoms with Crippen LogP contribution >= 0.6 is 15.9 Å². The highest BCUT2D eigenvalue weighted by Gasteiger charge is 2.26. The number of nitrogens with one attached hydrogen (secondary N) is 1. The minimum Gasteiger partial charge on any atom is -0.497 e. The highest BCUT2D eigenvalue weighted by Crippen LogP contribution is 2.38. The van der Waals surface area contributed by atoms with Crippen LogP contribution in [-0.2, 0) is 0 Å². The SMILES string of the molecule is CCNC(c1cc(OC)ccc1Br)C1CCCCC1. The normalized spacial score (nSPS) is 18.3. The fourth-order valence-corrected chi connectivity index (χ4v) is 3.60. The molecule has 2 nitrogen and oxygen atoms in total. The van der Waals surface area contributed by atoms with E-state index in [9.17, 15) is 0 Å². The second-order valence-electron chi connectivity index (χ2n) is 5.32. The van der Waals surface area contributed by atoms with Crippen LogP contribution in [0, 0.1) is 5.92 Å². The van der Waals surface area contributed by atoms with E-state index in [1.165, 1.54) is 42.1 Å². The van der Waals surface area contributed by atoms with Crippen molar-refractivity contribution in [2.75, 3.05) is 13.7 Å². The topological polar surface area (TPSA) is 21.3 Å². The fourth-order valence-electron chi connectivity index (χ4n) is 3.11. The zero-order valence-corrected chi connectivity index (χ0v) is 13.5. The fraction of sp³-hybridized carbons (Fsp3) is 0.625. The molecule has 0 radical (unpaired) electrons. The van der Waals surface area contributed by atoms with Gasteiger partial charge in [-0.2, -0.15) is 0 Å². The molecule has 0 aliphatic heterocycles. The zero-order valence-electron chi connectivity index (χ0n) is 11.9. The third kappa shape index (κ3) is 3.73. The van der Waals surface area contributed by atoms with Crippen LogP contribution in [0.2, 0.25) is 0 Å². The first-order valence-electron chi connectivity index (χ1n) is 7.33. The number of methoxy groups -OCH3 is 1. The lowest BCUT2D eigenvalue weighted by atomic mass is 9.81. The molecule has 1 N–H and O–H groups in total. The molecule has 2 rings (SSSR count). The standard InChI is InChI=1S/C16H24BrNO/c1-3-18-16(12-7-5-4-6-8-12)14-11-13(19-2)9-10-15(14)17/h9-12,16,18H,3-8H2,1-2H3. The van der Waals surface area contributed by atoms with Crippen LogP contribution in [0.5, 0.6) is 5.75 Å². The maximum absolute atomic E-state index is 5.38. The van der Waals surface area contributed by atoms with E-state index in [0.29, 0.717) is 6.04 Å². The zero-order chi connectivity index (χ0) is 13.7. The Labute approximate surface area is 125 Å². The Hall–Kier alpha value is -0.540. The summed E-state index contributed by atoms with van der Waals surface area (Å²) in [6.45, 7) is 3.19. The second kappa shape index (κ2) is 7.30. The van der Waals surface area contributed by atoms with Crippen LogP contribution in [0.15, 0.2) is 22.7 Å². The highest BCUT2D eigenvalue weighted by atomic mass is 79.9. The number of hydrogen-bond donors (Lipinski definition) is 1. The Kier molecular flexibility index (Phi) is 5.71. The molecule has 1 fully saturated rings. The Morgan fingerprint density at radius 3 is 2.68 bits per heavy atom. The van der Waals surface area contributed by atoms with Gasteiger partial charge in [-0.15, -0.1) is 0 Å². The summed E-state index contributed by atoms with van der Waals surface area (Å²) in [6, 6.07) is 6.72. The molecule has 1 aliphatic carbocycles. The van der Waals surface area contributed by atoms with E-state index in [-0.39, 0.29) is 0 Å². The summed E-state index contributed by atoms with van der Waals surface area (Å²) in [4.78, 5) is 0. The monoisotopic (exact) mass is 325 g/mol. The summed E-state index contributed by atoms with van der Waals surface area (Å²) in [6.07, 6.45) is 6.81. The highest BCUT2D eigenvalue weighted by molar-refractivity contribution is 9.10. The van der Waals surface area contributed by atoms with Crippen molar-refractivity contribution >= 4 is 15.9 Å². The summed E-state index contributed by atoms with van der Waals surface area (Å²) in [7, 11) is 1.73. The summed E-state index contributed by atoms with van der Waals surface area (Å²) >= 11 is 3.70. The van der Waals surface area contributed by atoms with Crippen molar-refractivity contribution in [2.24, 2.45) is 5.92 Å². The van der Waals surface area contributed by atoms with Crippen molar-refractivity contribution in [3.8, 4) is 5.75 Å². The van der Waals surface area contributed by atoms with Crippen LogP contribution in [0.4, 0.5) is 0 Å². The van der Waals surface area contributed by atoms with Gasteiger partial charge in [0.1, 0.15) is 5.75 Å². The Morgan fingerprint density at radius 2 is 2.05 bits per heavy atom. The van der Waals surface area contributed by atoms with E-state index in [0.717, 1.165) is 18.2 Å². The van der Waals surface area contributed by atoms with Gasteiger partial charge >= 0.3 is 0 Å². The smallest absolute Gasteiger partial charge is 0.119 e. The minimum atomic E-state index is 0.440. The van der Waals surface area contributed by atoms with Gasteiger partial charge < -0.3 is 10.1 Å². The first kappa shape index (κ1) is 14.9. The van der Waals surface area contributed by atoms with E-state index in [1.807, 2.05) is 6.07 Å². The van der Waals surface area contributed by atoms with Gasteiger partial charge in [-0.1, -0.05) is 42.1 Å². The number of rotatable bonds is 5. The third-order valence-electron chi connectivity index (χ3n) is 4.08. The van der Waals surface area contributed by atoms with Gasteiger partial charge in [0.15, 0.2) is 0 Å². The van der Waals surface area contributed by atoms with Crippen molar-refractivity contribution in [1.82, 2.24) is 5.32 Å². The lowest BCUT2D eigenvalue weighted by Gasteiger charge is -2.32. The van der Waals surface area contributed by atoms with Crippen molar-refractivity contribution in [2.45, 2.75) is 45.1 Å². The molecule has 3 heteroatoms. The van der Waals surface area contributed by atoms with Crippen molar-refractivity contribution < 1.29 is 4.74 Å². The largest absolute Gasteiger partial charge is 0.497 e. The summed E-state index contributed by atoms with van der Waals surface area (Å²) in [5, 5.41) is 3.68. The average molecular weight is 326 g/mol. The average Bonchev–Trinajstić information content (AvgIpc) is 2.47. The number of ether oxygens (including phenoxy) is 1. The Balaban J connectivity index is 2.26. The predicted molar refractivity (Wildman–Crippen MR) is 83.7 cm³/mol. The summed E-state index contributed by atoms with van der Waals surface area (Å²) < 4.78 is 6.56. The second-order valence-corrected chi connectivity index (χ2v) is 6.18. The van der Waals surface area contributed by atoms with Gasteiger partial charge in [-0.3, -0.25) is 0 Å². The van der Waals surface area contributed by atoms with E-state index in [1.54, 1.807) is 7.11 Å². The molecule has 0 heterocycles. The van der Waals surface area contributed by atoms with Gasteiger partial charge in [0.05, 0.1) is 7.11 Å². The molecule has 1 aromatic rings. The van der Waals surface area contributed by atoms with Crippen molar-refractivity contribution in [3.63, 3.8) is 0 Å².